The Morgan fingerprint density at radius 3 is 2.52 bits per heavy atom. The first-order valence-corrected chi connectivity index (χ1v) is 8.79. The molecule has 6 heteroatoms. The van der Waals surface area contributed by atoms with Crippen LogP contribution in [0.1, 0.15) is 19.4 Å². The second kappa shape index (κ2) is 7.61. The van der Waals surface area contributed by atoms with Crippen molar-refractivity contribution < 1.29 is 14.0 Å². The molecule has 140 valence electrons. The van der Waals surface area contributed by atoms with Crippen LogP contribution in [0.5, 0.6) is 0 Å². The Bertz CT molecular complexity index is 978. The molecule has 3 N–H and O–H groups in total. The third-order valence-electron chi connectivity index (χ3n) is 4.61. The molecule has 0 spiro atoms. The highest BCUT2D eigenvalue weighted by Gasteiger charge is 2.36. The molecule has 3 rings (SSSR count). The minimum absolute atomic E-state index is 0.0576. The molecular formula is C21H22FN3O2. The summed E-state index contributed by atoms with van der Waals surface area (Å²) in [5.74, 6) is -1.50. The van der Waals surface area contributed by atoms with E-state index < -0.39 is 23.0 Å². The number of rotatable bonds is 6. The van der Waals surface area contributed by atoms with Gasteiger partial charge in [0.2, 0.25) is 11.8 Å². The van der Waals surface area contributed by atoms with Crippen molar-refractivity contribution >= 4 is 28.4 Å². The van der Waals surface area contributed by atoms with Crippen molar-refractivity contribution in [2.75, 3.05) is 11.9 Å². The van der Waals surface area contributed by atoms with Gasteiger partial charge < -0.3 is 15.6 Å². The van der Waals surface area contributed by atoms with Crippen LogP contribution in [0.15, 0.2) is 54.7 Å². The van der Waals surface area contributed by atoms with Crippen LogP contribution in [0, 0.1) is 11.2 Å². The zero-order chi connectivity index (χ0) is 19.4. The molecule has 0 aliphatic carbocycles. The fourth-order valence-electron chi connectivity index (χ4n) is 2.81. The number of amides is 2. The number of para-hydroxylation sites is 2. The minimum Gasteiger partial charge on any atom is -0.361 e. The first-order chi connectivity index (χ1) is 12.9. The predicted molar refractivity (Wildman–Crippen MR) is 104 cm³/mol. The Balaban J connectivity index is 1.59. The third-order valence-corrected chi connectivity index (χ3v) is 4.61. The first kappa shape index (κ1) is 18.6. The van der Waals surface area contributed by atoms with Crippen molar-refractivity contribution in [3.8, 4) is 0 Å². The first-order valence-electron chi connectivity index (χ1n) is 8.79. The average Bonchev–Trinajstić information content (AvgIpc) is 3.06. The van der Waals surface area contributed by atoms with E-state index in [2.05, 4.69) is 15.6 Å². The van der Waals surface area contributed by atoms with E-state index in [-0.39, 0.29) is 5.69 Å². The fraction of sp³-hybridized carbons (Fsp3) is 0.238. The number of halogens is 1. The maximum absolute atomic E-state index is 13.7. The molecule has 1 heterocycles. The van der Waals surface area contributed by atoms with E-state index in [1.54, 1.807) is 6.07 Å². The summed E-state index contributed by atoms with van der Waals surface area (Å²) in [5, 5.41) is 6.39. The highest BCUT2D eigenvalue weighted by molar-refractivity contribution is 6.09. The molecule has 0 saturated heterocycles. The number of aromatic amines is 1. The molecule has 0 bridgehead atoms. The molecule has 0 fully saturated rings. The smallest absolute Gasteiger partial charge is 0.239 e. The maximum atomic E-state index is 13.7. The number of hydrogen-bond acceptors (Lipinski definition) is 2. The number of aromatic nitrogens is 1. The molecule has 3 aromatic rings. The van der Waals surface area contributed by atoms with Gasteiger partial charge in [0, 0.05) is 23.6 Å². The average molecular weight is 367 g/mol. The van der Waals surface area contributed by atoms with Crippen LogP contribution in [-0.4, -0.2) is 23.3 Å². The molecular weight excluding hydrogens is 345 g/mol. The summed E-state index contributed by atoms with van der Waals surface area (Å²) in [6.45, 7) is 3.44. The summed E-state index contributed by atoms with van der Waals surface area (Å²) < 4.78 is 13.7. The van der Waals surface area contributed by atoms with Gasteiger partial charge in [-0.15, -0.1) is 0 Å². The second-order valence-electron chi connectivity index (χ2n) is 6.92. The number of carbonyl (C=O) groups excluding carboxylic acids is 2. The Morgan fingerprint density at radius 1 is 1.04 bits per heavy atom. The minimum atomic E-state index is -1.33. The number of H-pyrrole nitrogens is 1. The number of hydrogen-bond donors (Lipinski definition) is 3. The van der Waals surface area contributed by atoms with Gasteiger partial charge in [-0.2, -0.15) is 0 Å². The normalized spacial score (nSPS) is 11.4. The van der Waals surface area contributed by atoms with Crippen LogP contribution < -0.4 is 10.6 Å². The maximum Gasteiger partial charge on any atom is 0.239 e. The lowest BCUT2D eigenvalue weighted by atomic mass is 9.90. The lowest BCUT2D eigenvalue weighted by molar-refractivity contribution is -0.138. The Morgan fingerprint density at radius 2 is 1.74 bits per heavy atom. The molecule has 0 radical (unpaired) electrons. The third kappa shape index (κ3) is 4.00. The number of benzene rings is 2. The van der Waals surface area contributed by atoms with Crippen LogP contribution in [0.2, 0.25) is 0 Å². The molecule has 5 nitrogen and oxygen atoms in total. The van der Waals surface area contributed by atoms with Crippen molar-refractivity contribution in [2.24, 2.45) is 5.41 Å². The van der Waals surface area contributed by atoms with E-state index in [9.17, 15) is 14.0 Å². The van der Waals surface area contributed by atoms with Crippen LogP contribution in [0.3, 0.4) is 0 Å². The summed E-state index contributed by atoms with van der Waals surface area (Å²) >= 11 is 0. The van der Waals surface area contributed by atoms with Gasteiger partial charge in [0.1, 0.15) is 11.2 Å². The van der Waals surface area contributed by atoms with Crippen molar-refractivity contribution in [1.29, 1.82) is 0 Å². The topological polar surface area (TPSA) is 74.0 Å². The van der Waals surface area contributed by atoms with Gasteiger partial charge in [-0.25, -0.2) is 4.39 Å². The quantitative estimate of drug-likeness (QED) is 0.582. The summed E-state index contributed by atoms with van der Waals surface area (Å²) in [4.78, 5) is 28.1. The van der Waals surface area contributed by atoms with Crippen LogP contribution in [-0.2, 0) is 16.0 Å². The van der Waals surface area contributed by atoms with Gasteiger partial charge >= 0.3 is 0 Å². The fourth-order valence-corrected chi connectivity index (χ4v) is 2.81. The monoisotopic (exact) mass is 367 g/mol. The molecule has 27 heavy (non-hydrogen) atoms. The van der Waals surface area contributed by atoms with Gasteiger partial charge in [-0.1, -0.05) is 30.3 Å². The lowest BCUT2D eigenvalue weighted by Crippen LogP contribution is -2.45. The molecule has 0 aliphatic rings. The molecule has 0 saturated carbocycles. The Kier molecular flexibility index (Phi) is 5.26. The molecule has 0 aliphatic heterocycles. The Labute approximate surface area is 157 Å². The number of carbonyl (C=O) groups is 2. The van der Waals surface area contributed by atoms with Gasteiger partial charge in [-0.3, -0.25) is 9.59 Å². The van der Waals surface area contributed by atoms with E-state index in [4.69, 9.17) is 0 Å². The summed E-state index contributed by atoms with van der Waals surface area (Å²) in [5.41, 5.74) is 0.868. The molecule has 0 unspecified atom stereocenters. The van der Waals surface area contributed by atoms with E-state index >= 15 is 0 Å². The highest BCUT2D eigenvalue weighted by atomic mass is 19.1. The summed E-state index contributed by atoms with van der Waals surface area (Å²) in [7, 11) is 0. The number of nitrogens with one attached hydrogen (secondary N) is 3. The standard InChI is InChI=1S/C21H22FN3O2/c1-21(2,20(27)25-18-10-6-4-8-16(18)22)19(26)23-12-11-14-13-24-17-9-5-3-7-15(14)17/h3-10,13,24H,11-12H2,1-2H3,(H,23,26)(H,25,27). The number of fused-ring (bicyclic) bond motifs is 1. The molecule has 2 amide bonds. The lowest BCUT2D eigenvalue weighted by Gasteiger charge is -2.22. The van der Waals surface area contributed by atoms with Crippen molar-refractivity contribution in [3.63, 3.8) is 0 Å². The molecule has 2 aromatic carbocycles. The van der Waals surface area contributed by atoms with E-state index in [0.29, 0.717) is 13.0 Å². The predicted octanol–water partition coefficient (Wildman–Crippen LogP) is 3.63. The second-order valence-corrected chi connectivity index (χ2v) is 6.92. The van der Waals surface area contributed by atoms with Gasteiger partial charge in [-0.05, 0) is 44.0 Å². The zero-order valence-corrected chi connectivity index (χ0v) is 15.3. The largest absolute Gasteiger partial charge is 0.361 e. The van der Waals surface area contributed by atoms with Crippen LogP contribution in [0.4, 0.5) is 10.1 Å². The van der Waals surface area contributed by atoms with Crippen molar-refractivity contribution in [2.45, 2.75) is 20.3 Å². The zero-order valence-electron chi connectivity index (χ0n) is 15.3. The van der Waals surface area contributed by atoms with E-state index in [1.165, 1.54) is 32.0 Å². The summed E-state index contributed by atoms with van der Waals surface area (Å²) in [6, 6.07) is 13.8. The Hall–Kier alpha value is -3.15. The van der Waals surface area contributed by atoms with Gasteiger partial charge in [0.15, 0.2) is 0 Å². The van der Waals surface area contributed by atoms with E-state index in [0.717, 1.165) is 16.5 Å². The van der Waals surface area contributed by atoms with Crippen LogP contribution >= 0.6 is 0 Å². The van der Waals surface area contributed by atoms with Crippen LogP contribution in [0.25, 0.3) is 10.9 Å². The van der Waals surface area contributed by atoms with Gasteiger partial charge in [0.05, 0.1) is 5.69 Å². The molecule has 0 atom stereocenters. The SMILES string of the molecule is CC(C)(C(=O)NCCc1c[nH]c2ccccc12)C(=O)Nc1ccccc1F. The van der Waals surface area contributed by atoms with Crippen molar-refractivity contribution in [3.05, 3.63) is 66.1 Å². The summed E-state index contributed by atoms with van der Waals surface area (Å²) in [6.07, 6.45) is 2.56. The van der Waals surface area contributed by atoms with E-state index in [1.807, 2.05) is 30.5 Å². The number of anilines is 1. The highest BCUT2D eigenvalue weighted by Crippen LogP contribution is 2.21. The molecule has 1 aromatic heterocycles. The van der Waals surface area contributed by atoms with Crippen molar-refractivity contribution in [1.82, 2.24) is 10.3 Å². The van der Waals surface area contributed by atoms with Gasteiger partial charge in [0.25, 0.3) is 0 Å².